The van der Waals surface area contributed by atoms with Gasteiger partial charge in [-0.1, -0.05) is 13.8 Å². The first-order chi connectivity index (χ1) is 9.16. The van der Waals surface area contributed by atoms with Crippen molar-refractivity contribution in [2.45, 2.75) is 19.9 Å². The third-order valence-electron chi connectivity index (χ3n) is 2.61. The average molecular weight is 285 g/mol. The van der Waals surface area contributed by atoms with Crippen LogP contribution in [0.2, 0.25) is 0 Å². The Balaban J connectivity index is 3.64. The Hall–Kier alpha value is -2.78. The van der Waals surface area contributed by atoms with Gasteiger partial charge in [0, 0.05) is 0 Å². The van der Waals surface area contributed by atoms with E-state index in [2.05, 4.69) is 0 Å². The predicted molar refractivity (Wildman–Crippen MR) is 65.5 cm³/mol. The van der Waals surface area contributed by atoms with Gasteiger partial charge in [0.15, 0.2) is 0 Å². The van der Waals surface area contributed by atoms with Crippen LogP contribution in [0.5, 0.6) is 0 Å². The molecule has 1 aromatic heterocycles. The summed E-state index contributed by atoms with van der Waals surface area (Å²) < 4.78 is 0.810. The fourth-order valence-electron chi connectivity index (χ4n) is 1.75. The molecule has 0 fully saturated rings. The fraction of sp³-hybridized carbons (Fsp3) is 0.400. The molecule has 1 N–H and O–H groups in total. The van der Waals surface area contributed by atoms with Crippen LogP contribution in [-0.4, -0.2) is 25.5 Å². The number of pyridine rings is 1. The molecule has 108 valence electrons. The zero-order valence-corrected chi connectivity index (χ0v) is 10.5. The number of rotatable bonds is 5. The molecule has 0 bridgehead atoms. The minimum Gasteiger partial charge on any atom is -0.480 e. The van der Waals surface area contributed by atoms with Gasteiger partial charge in [0.25, 0.3) is 0 Å². The second kappa shape index (κ2) is 5.47. The van der Waals surface area contributed by atoms with Gasteiger partial charge in [-0.05, 0) is 5.92 Å². The number of nitrogens with zero attached hydrogens (tertiary/aromatic N) is 3. The molecular formula is C10H11N3O7. The molecule has 10 nitrogen and oxygen atoms in total. The van der Waals surface area contributed by atoms with Crippen molar-refractivity contribution in [1.82, 2.24) is 4.57 Å². The van der Waals surface area contributed by atoms with E-state index in [-0.39, 0.29) is 0 Å². The molecule has 0 amide bonds. The molecule has 1 rings (SSSR count). The van der Waals surface area contributed by atoms with E-state index < -0.39 is 44.6 Å². The molecule has 1 aromatic rings. The van der Waals surface area contributed by atoms with Crippen molar-refractivity contribution in [3.05, 3.63) is 42.8 Å². The van der Waals surface area contributed by atoms with Crippen LogP contribution in [0.15, 0.2) is 17.2 Å². The molecular weight excluding hydrogens is 274 g/mol. The van der Waals surface area contributed by atoms with E-state index in [1.54, 1.807) is 0 Å². The highest BCUT2D eigenvalue weighted by Crippen LogP contribution is 2.22. The molecule has 0 aliphatic rings. The first-order valence-corrected chi connectivity index (χ1v) is 5.44. The summed E-state index contributed by atoms with van der Waals surface area (Å²) in [5, 5.41) is 30.6. The number of nitro groups is 2. The number of carboxylic acids is 1. The van der Waals surface area contributed by atoms with Gasteiger partial charge in [0.2, 0.25) is 0 Å². The van der Waals surface area contributed by atoms with Gasteiger partial charge in [0.1, 0.15) is 6.04 Å². The highest BCUT2D eigenvalue weighted by Gasteiger charge is 2.30. The molecule has 0 spiro atoms. The lowest BCUT2D eigenvalue weighted by Crippen LogP contribution is -2.26. The minimum absolute atomic E-state index is 0.491. The largest absolute Gasteiger partial charge is 0.480 e. The lowest BCUT2D eigenvalue weighted by molar-refractivity contribution is -0.397. The van der Waals surface area contributed by atoms with Crippen LogP contribution in [-0.2, 0) is 4.79 Å². The van der Waals surface area contributed by atoms with Crippen molar-refractivity contribution in [3.63, 3.8) is 0 Å². The summed E-state index contributed by atoms with van der Waals surface area (Å²) in [6.07, 6.45) is 1.40. The Bertz CT molecular complexity index is 596. The van der Waals surface area contributed by atoms with Crippen LogP contribution in [0, 0.1) is 26.1 Å². The smallest absolute Gasteiger partial charge is 0.339 e. The van der Waals surface area contributed by atoms with Crippen molar-refractivity contribution in [1.29, 1.82) is 0 Å². The van der Waals surface area contributed by atoms with Crippen LogP contribution >= 0.6 is 0 Å². The van der Waals surface area contributed by atoms with E-state index in [0.717, 1.165) is 4.57 Å². The quantitative estimate of drug-likeness (QED) is 0.625. The van der Waals surface area contributed by atoms with E-state index in [9.17, 15) is 29.8 Å². The van der Waals surface area contributed by atoms with E-state index in [4.69, 9.17) is 5.11 Å². The molecule has 20 heavy (non-hydrogen) atoms. The molecule has 1 atom stereocenters. The minimum atomic E-state index is -1.36. The molecule has 0 saturated heterocycles. The van der Waals surface area contributed by atoms with Crippen LogP contribution in [0.3, 0.4) is 0 Å². The van der Waals surface area contributed by atoms with Gasteiger partial charge < -0.3 is 9.67 Å². The summed E-state index contributed by atoms with van der Waals surface area (Å²) in [5.41, 5.74) is -3.43. The van der Waals surface area contributed by atoms with E-state index in [1.165, 1.54) is 13.8 Å². The molecule has 1 heterocycles. The number of carbonyl (C=O) groups is 1. The van der Waals surface area contributed by atoms with Crippen molar-refractivity contribution in [3.8, 4) is 0 Å². The maximum absolute atomic E-state index is 11.5. The van der Waals surface area contributed by atoms with Gasteiger partial charge in [-0.15, -0.1) is 0 Å². The lowest BCUT2D eigenvalue weighted by atomic mass is 10.0. The SMILES string of the molecule is CC(C)[C@@H](C(=O)O)n1cc([N+](=O)[O-])c(=O)c([N+](=O)[O-])c1. The summed E-state index contributed by atoms with van der Waals surface area (Å²) in [5.74, 6) is -1.80. The van der Waals surface area contributed by atoms with E-state index in [0.29, 0.717) is 12.4 Å². The second-order valence-electron chi connectivity index (χ2n) is 4.35. The highest BCUT2D eigenvalue weighted by molar-refractivity contribution is 5.72. The molecule has 0 saturated carbocycles. The molecule has 0 radical (unpaired) electrons. The summed E-state index contributed by atoms with van der Waals surface area (Å²) in [7, 11) is 0. The van der Waals surface area contributed by atoms with Crippen molar-refractivity contribution in [2.75, 3.05) is 0 Å². The summed E-state index contributed by atoms with van der Waals surface area (Å²) >= 11 is 0. The first-order valence-electron chi connectivity index (χ1n) is 5.44. The molecule has 0 aromatic carbocycles. The zero-order valence-electron chi connectivity index (χ0n) is 10.5. The Morgan fingerprint density at radius 1 is 1.20 bits per heavy atom. The van der Waals surface area contributed by atoms with Gasteiger partial charge >= 0.3 is 22.8 Å². The van der Waals surface area contributed by atoms with Crippen molar-refractivity contribution in [2.24, 2.45) is 5.92 Å². The van der Waals surface area contributed by atoms with Crippen molar-refractivity contribution < 1.29 is 19.7 Å². The summed E-state index contributed by atoms with van der Waals surface area (Å²) in [4.78, 5) is 42.0. The number of hydrogen-bond acceptors (Lipinski definition) is 6. The third kappa shape index (κ3) is 2.79. The lowest BCUT2D eigenvalue weighted by Gasteiger charge is -2.19. The molecule has 10 heteroatoms. The summed E-state index contributed by atoms with van der Waals surface area (Å²) in [6.45, 7) is 3.07. The number of aliphatic carboxylic acids is 1. The zero-order chi connectivity index (χ0) is 15.6. The Morgan fingerprint density at radius 2 is 1.60 bits per heavy atom. The van der Waals surface area contributed by atoms with Gasteiger partial charge in [-0.3, -0.25) is 25.0 Å². The standard InChI is InChI=1S/C10H11N3O7/c1-5(2)8(10(15)16)11-3-6(12(17)18)9(14)7(4-11)13(19)20/h3-5,8H,1-2H3,(H,15,16)/t8-/m0/s1. The maximum atomic E-state index is 11.5. The normalized spacial score (nSPS) is 12.2. The van der Waals surface area contributed by atoms with Gasteiger partial charge in [-0.2, -0.15) is 0 Å². The first kappa shape index (κ1) is 15.3. The monoisotopic (exact) mass is 285 g/mol. The van der Waals surface area contributed by atoms with Crippen molar-refractivity contribution >= 4 is 17.3 Å². The number of carboxylic acid groups (broad SMARTS) is 1. The predicted octanol–water partition coefficient (Wildman–Crippen LogP) is 0.946. The Labute approximate surface area is 111 Å². The molecule has 0 aliphatic carbocycles. The highest BCUT2D eigenvalue weighted by atomic mass is 16.6. The molecule has 0 unspecified atom stereocenters. The van der Waals surface area contributed by atoms with E-state index >= 15 is 0 Å². The van der Waals surface area contributed by atoms with Crippen LogP contribution in [0.25, 0.3) is 0 Å². The maximum Gasteiger partial charge on any atom is 0.339 e. The Morgan fingerprint density at radius 3 is 1.85 bits per heavy atom. The average Bonchev–Trinajstić information content (AvgIpc) is 2.29. The van der Waals surface area contributed by atoms with E-state index in [1.807, 2.05) is 0 Å². The number of hydrogen-bond donors (Lipinski definition) is 1. The summed E-state index contributed by atoms with van der Waals surface area (Å²) in [6, 6.07) is -1.26. The fourth-order valence-corrected chi connectivity index (χ4v) is 1.75. The second-order valence-corrected chi connectivity index (χ2v) is 4.35. The van der Waals surface area contributed by atoms with Gasteiger partial charge in [0.05, 0.1) is 22.2 Å². The van der Waals surface area contributed by atoms with Crippen LogP contribution in [0.4, 0.5) is 11.4 Å². The third-order valence-corrected chi connectivity index (χ3v) is 2.61. The van der Waals surface area contributed by atoms with Crippen LogP contribution < -0.4 is 5.43 Å². The topological polar surface area (TPSA) is 146 Å². The number of aromatic nitrogens is 1. The Kier molecular flexibility index (Phi) is 4.17. The van der Waals surface area contributed by atoms with Crippen LogP contribution in [0.1, 0.15) is 19.9 Å². The molecule has 0 aliphatic heterocycles. The van der Waals surface area contributed by atoms with Gasteiger partial charge in [-0.25, -0.2) is 4.79 Å².